The molecule has 1 fully saturated rings. The minimum atomic E-state index is -0.125. The molecule has 0 aliphatic carbocycles. The van der Waals surface area contributed by atoms with Crippen molar-refractivity contribution in [2.75, 3.05) is 7.05 Å². The Morgan fingerprint density at radius 1 is 0.538 bits per heavy atom. The van der Waals surface area contributed by atoms with Crippen LogP contribution in [0.15, 0.2) is 160 Å². The summed E-state index contributed by atoms with van der Waals surface area (Å²) >= 11 is 1.86. The average Bonchev–Trinajstić information content (AvgIpc) is 3.89. The van der Waals surface area contributed by atoms with Crippen molar-refractivity contribution < 1.29 is 8.83 Å². The van der Waals surface area contributed by atoms with E-state index in [0.29, 0.717) is 0 Å². The molecule has 6 heteroatoms. The number of nitrogens with one attached hydrogen (secondary N) is 2. The molecule has 0 saturated carbocycles. The minimum absolute atomic E-state index is 0.0357. The summed E-state index contributed by atoms with van der Waals surface area (Å²) in [6, 6.07) is 53.9. The van der Waals surface area contributed by atoms with E-state index in [1.807, 2.05) is 29.5 Å². The summed E-state index contributed by atoms with van der Waals surface area (Å²) in [5.41, 5.74) is 9.58. The van der Waals surface area contributed by atoms with E-state index in [9.17, 15) is 0 Å². The summed E-state index contributed by atoms with van der Waals surface area (Å²) in [6.07, 6.45) is -0.256. The van der Waals surface area contributed by atoms with E-state index < -0.39 is 0 Å². The lowest BCUT2D eigenvalue weighted by molar-refractivity contribution is 0.0428. The zero-order valence-electron chi connectivity index (χ0n) is 28.3. The van der Waals surface area contributed by atoms with Gasteiger partial charge in [0, 0.05) is 52.8 Å². The van der Waals surface area contributed by atoms with Crippen LogP contribution < -0.4 is 10.6 Å². The third kappa shape index (κ3) is 4.52. The largest absolute Gasteiger partial charge is 0.456 e. The standard InChI is InChI=1S/C46H33N3O2S/c1-49-45(27-12-3-2-4-13-27)47-44(48-46(49)34-19-11-23-39-41(34)33-15-6-8-22-38(33)50-39)35-20-10-18-32-36-26-28(24-25-40(36)52-43(32)35)29-16-9-17-31-30-14-5-7-21-37(30)51-42(29)31/h2-26,44-48H,1H3. The van der Waals surface area contributed by atoms with Crippen molar-refractivity contribution in [2.45, 2.75) is 18.5 Å². The van der Waals surface area contributed by atoms with Crippen molar-refractivity contribution in [3.8, 4) is 11.1 Å². The SMILES string of the molecule is CN1C(c2ccccc2)NC(c2cccc3c2sc2ccc(-c4cccc5c4oc4ccccc45)cc23)NC1c1cccc2oc3ccccc3c12. The highest BCUT2D eigenvalue weighted by molar-refractivity contribution is 7.26. The third-order valence-corrected chi connectivity index (χ3v) is 12.1. The van der Waals surface area contributed by atoms with Crippen molar-refractivity contribution in [3.63, 3.8) is 0 Å². The molecule has 4 heterocycles. The van der Waals surface area contributed by atoms with Gasteiger partial charge in [-0.25, -0.2) is 0 Å². The molecule has 7 aromatic carbocycles. The maximum absolute atomic E-state index is 6.44. The molecule has 0 spiro atoms. The van der Waals surface area contributed by atoms with Crippen LogP contribution in [0.4, 0.5) is 0 Å². The first kappa shape index (κ1) is 29.9. The van der Waals surface area contributed by atoms with Gasteiger partial charge >= 0.3 is 0 Å². The Morgan fingerprint density at radius 2 is 1.21 bits per heavy atom. The second-order valence-electron chi connectivity index (χ2n) is 13.8. The van der Waals surface area contributed by atoms with Gasteiger partial charge in [-0.05, 0) is 54.1 Å². The molecular formula is C46H33N3O2S. The Bertz CT molecular complexity index is 2980. The summed E-state index contributed by atoms with van der Waals surface area (Å²) in [4.78, 5) is 2.40. The first-order valence-electron chi connectivity index (χ1n) is 17.7. The molecule has 2 N–H and O–H groups in total. The maximum Gasteiger partial charge on any atom is 0.143 e. The van der Waals surface area contributed by atoms with Gasteiger partial charge in [0.1, 0.15) is 22.3 Å². The zero-order chi connectivity index (χ0) is 34.3. The van der Waals surface area contributed by atoms with Gasteiger partial charge in [-0.1, -0.05) is 121 Å². The van der Waals surface area contributed by atoms with E-state index in [4.69, 9.17) is 8.83 Å². The molecule has 1 aliphatic heterocycles. The van der Waals surface area contributed by atoms with E-state index in [-0.39, 0.29) is 18.5 Å². The average molecular weight is 692 g/mol. The van der Waals surface area contributed by atoms with Crippen molar-refractivity contribution in [2.24, 2.45) is 0 Å². The molecular weight excluding hydrogens is 659 g/mol. The van der Waals surface area contributed by atoms with Crippen LogP contribution in [-0.4, -0.2) is 11.9 Å². The minimum Gasteiger partial charge on any atom is -0.456 e. The first-order chi connectivity index (χ1) is 25.7. The maximum atomic E-state index is 6.44. The smallest absolute Gasteiger partial charge is 0.143 e. The van der Waals surface area contributed by atoms with E-state index in [0.717, 1.165) is 55.0 Å². The van der Waals surface area contributed by atoms with Gasteiger partial charge in [-0.15, -0.1) is 11.3 Å². The highest BCUT2D eigenvalue weighted by Crippen LogP contribution is 2.44. The Hall–Kier alpha value is -5.76. The zero-order valence-corrected chi connectivity index (χ0v) is 29.2. The highest BCUT2D eigenvalue weighted by atomic mass is 32.1. The predicted molar refractivity (Wildman–Crippen MR) is 214 cm³/mol. The van der Waals surface area contributed by atoms with E-state index in [2.05, 4.69) is 156 Å². The second-order valence-corrected chi connectivity index (χ2v) is 14.8. The predicted octanol–water partition coefficient (Wildman–Crippen LogP) is 12.0. The van der Waals surface area contributed by atoms with Crippen molar-refractivity contribution >= 4 is 75.4 Å². The number of thiophene rings is 1. The molecule has 0 amide bonds. The van der Waals surface area contributed by atoms with Crippen LogP contribution >= 0.6 is 11.3 Å². The van der Waals surface area contributed by atoms with Gasteiger partial charge in [-0.2, -0.15) is 0 Å². The summed E-state index contributed by atoms with van der Waals surface area (Å²) in [5, 5.41) is 15.2. The van der Waals surface area contributed by atoms with Crippen LogP contribution in [0.2, 0.25) is 0 Å². The van der Waals surface area contributed by atoms with Gasteiger partial charge in [0.2, 0.25) is 0 Å². The molecule has 3 aromatic heterocycles. The molecule has 3 atom stereocenters. The number of hydrogen-bond acceptors (Lipinski definition) is 6. The summed E-state index contributed by atoms with van der Waals surface area (Å²) < 4.78 is 15.3. The molecule has 10 aromatic rings. The summed E-state index contributed by atoms with van der Waals surface area (Å²) in [6.45, 7) is 0. The first-order valence-corrected chi connectivity index (χ1v) is 18.6. The topological polar surface area (TPSA) is 53.6 Å². The van der Waals surface area contributed by atoms with Crippen molar-refractivity contribution in [1.82, 2.24) is 15.5 Å². The van der Waals surface area contributed by atoms with Crippen LogP contribution in [0.1, 0.15) is 35.2 Å². The van der Waals surface area contributed by atoms with Gasteiger partial charge < -0.3 is 8.83 Å². The molecule has 3 unspecified atom stereocenters. The van der Waals surface area contributed by atoms with Gasteiger partial charge in [0.05, 0.1) is 18.5 Å². The highest BCUT2D eigenvalue weighted by Gasteiger charge is 2.36. The normalized spacial score (nSPS) is 18.4. The summed E-state index contributed by atoms with van der Waals surface area (Å²) in [7, 11) is 2.20. The molecule has 52 heavy (non-hydrogen) atoms. The van der Waals surface area contributed by atoms with E-state index in [1.54, 1.807) is 0 Å². The van der Waals surface area contributed by atoms with Crippen LogP contribution in [-0.2, 0) is 0 Å². The van der Waals surface area contributed by atoms with Crippen LogP contribution in [0.25, 0.3) is 75.2 Å². The number of para-hydroxylation sites is 3. The Labute approximate surface area is 303 Å². The number of nitrogens with zero attached hydrogens (tertiary/aromatic N) is 1. The lowest BCUT2D eigenvalue weighted by Gasteiger charge is -2.46. The Morgan fingerprint density at radius 3 is 2.10 bits per heavy atom. The number of furan rings is 2. The van der Waals surface area contributed by atoms with Gasteiger partial charge in [-0.3, -0.25) is 15.5 Å². The van der Waals surface area contributed by atoms with Crippen LogP contribution in [0.3, 0.4) is 0 Å². The van der Waals surface area contributed by atoms with Crippen molar-refractivity contribution in [1.29, 1.82) is 0 Å². The molecule has 1 aliphatic rings. The fourth-order valence-electron chi connectivity index (χ4n) is 8.42. The lowest BCUT2D eigenvalue weighted by atomic mass is 9.98. The monoisotopic (exact) mass is 691 g/mol. The second kappa shape index (κ2) is 11.6. The van der Waals surface area contributed by atoms with Gasteiger partial charge in [0.15, 0.2) is 0 Å². The van der Waals surface area contributed by atoms with Gasteiger partial charge in [0.25, 0.3) is 0 Å². The molecule has 250 valence electrons. The molecule has 0 radical (unpaired) electrons. The molecule has 0 bridgehead atoms. The number of hydrogen-bond donors (Lipinski definition) is 2. The van der Waals surface area contributed by atoms with E-state index >= 15 is 0 Å². The number of rotatable bonds is 4. The molecule has 1 saturated heterocycles. The van der Waals surface area contributed by atoms with E-state index in [1.165, 1.54) is 36.9 Å². The molecule has 5 nitrogen and oxygen atoms in total. The quantitative estimate of drug-likeness (QED) is 0.192. The van der Waals surface area contributed by atoms with Crippen LogP contribution in [0, 0.1) is 0 Å². The third-order valence-electron chi connectivity index (χ3n) is 10.9. The Balaban J connectivity index is 1.06. The fraction of sp³-hybridized carbons (Fsp3) is 0.0870. The fourth-order valence-corrected chi connectivity index (χ4v) is 9.65. The van der Waals surface area contributed by atoms with Crippen molar-refractivity contribution in [3.05, 3.63) is 168 Å². The molecule has 11 rings (SSSR count). The lowest BCUT2D eigenvalue weighted by Crippen LogP contribution is -2.54. The number of benzene rings is 7. The summed E-state index contributed by atoms with van der Waals surface area (Å²) in [5.74, 6) is 0. The number of fused-ring (bicyclic) bond motifs is 9. The van der Waals surface area contributed by atoms with Crippen LogP contribution in [0.5, 0.6) is 0 Å². The Kier molecular flexibility index (Phi) is 6.69.